The van der Waals surface area contributed by atoms with Crippen LogP contribution >= 0.6 is 0 Å². The van der Waals surface area contributed by atoms with E-state index in [1.807, 2.05) is 61.5 Å². The Hall–Kier alpha value is -2.99. The lowest BCUT2D eigenvalue weighted by Gasteiger charge is -2.20. The summed E-state index contributed by atoms with van der Waals surface area (Å²) < 4.78 is 2.19. The third-order valence-electron chi connectivity index (χ3n) is 5.41. The van der Waals surface area contributed by atoms with Crippen LogP contribution in [0.25, 0.3) is 11.4 Å². The zero-order valence-electron chi connectivity index (χ0n) is 16.0. The zero-order chi connectivity index (χ0) is 19.5. The van der Waals surface area contributed by atoms with Crippen LogP contribution in [0.1, 0.15) is 37.2 Å². The quantitative estimate of drug-likeness (QED) is 0.714. The fraction of sp³-hybridized carbons (Fsp3) is 0.318. The molecule has 0 bridgehead atoms. The second kappa shape index (κ2) is 7.94. The maximum Gasteiger partial charge on any atom is 0.229 e. The van der Waals surface area contributed by atoms with E-state index < -0.39 is 0 Å². The third kappa shape index (κ3) is 3.68. The SMILES string of the molecule is CC(C(=O)Nc1ccc(-c2nnc3n2CCCC3)cc1)C(N)c1ccccc1. The number of carbonyl (C=O) groups is 1. The number of nitrogens with zero attached hydrogens (tertiary/aromatic N) is 3. The Morgan fingerprint density at radius 3 is 2.57 bits per heavy atom. The molecular weight excluding hydrogens is 350 g/mol. The highest BCUT2D eigenvalue weighted by Gasteiger charge is 2.22. The monoisotopic (exact) mass is 375 g/mol. The van der Waals surface area contributed by atoms with Crippen molar-refractivity contribution in [3.8, 4) is 11.4 Å². The van der Waals surface area contributed by atoms with E-state index >= 15 is 0 Å². The Balaban J connectivity index is 1.44. The molecule has 1 amide bonds. The topological polar surface area (TPSA) is 85.8 Å². The van der Waals surface area contributed by atoms with E-state index in [1.54, 1.807) is 0 Å². The van der Waals surface area contributed by atoms with Gasteiger partial charge in [0.25, 0.3) is 0 Å². The van der Waals surface area contributed by atoms with Crippen molar-refractivity contribution in [3.63, 3.8) is 0 Å². The zero-order valence-corrected chi connectivity index (χ0v) is 16.0. The molecule has 144 valence electrons. The summed E-state index contributed by atoms with van der Waals surface area (Å²) in [7, 11) is 0. The number of amides is 1. The number of fused-ring (bicyclic) bond motifs is 1. The lowest BCUT2D eigenvalue weighted by Crippen LogP contribution is -2.30. The second-order valence-electron chi connectivity index (χ2n) is 7.34. The smallest absolute Gasteiger partial charge is 0.229 e. The van der Waals surface area contributed by atoms with Crippen molar-refractivity contribution in [3.05, 3.63) is 66.0 Å². The first-order valence-corrected chi connectivity index (χ1v) is 9.77. The molecule has 0 aliphatic carbocycles. The molecular formula is C22H25N5O. The summed E-state index contributed by atoms with van der Waals surface area (Å²) >= 11 is 0. The number of hydrogen-bond acceptors (Lipinski definition) is 4. The van der Waals surface area contributed by atoms with Gasteiger partial charge in [-0.05, 0) is 42.7 Å². The molecule has 0 fully saturated rings. The molecule has 2 heterocycles. The molecule has 6 nitrogen and oxygen atoms in total. The van der Waals surface area contributed by atoms with Gasteiger partial charge in [0.05, 0.1) is 5.92 Å². The number of nitrogens with one attached hydrogen (secondary N) is 1. The fourth-order valence-electron chi connectivity index (χ4n) is 3.61. The van der Waals surface area contributed by atoms with Crippen LogP contribution < -0.4 is 11.1 Å². The maximum absolute atomic E-state index is 12.6. The van der Waals surface area contributed by atoms with Crippen molar-refractivity contribution in [2.45, 2.75) is 38.8 Å². The van der Waals surface area contributed by atoms with Gasteiger partial charge in [0.15, 0.2) is 5.82 Å². The number of nitrogens with two attached hydrogens (primary N) is 1. The highest BCUT2D eigenvalue weighted by atomic mass is 16.1. The highest BCUT2D eigenvalue weighted by molar-refractivity contribution is 5.93. The third-order valence-corrected chi connectivity index (χ3v) is 5.41. The van der Waals surface area contributed by atoms with Gasteiger partial charge < -0.3 is 15.6 Å². The molecule has 2 atom stereocenters. The first kappa shape index (κ1) is 18.4. The van der Waals surface area contributed by atoms with Crippen LogP contribution in [0.15, 0.2) is 54.6 Å². The number of anilines is 1. The number of hydrogen-bond donors (Lipinski definition) is 2. The summed E-state index contributed by atoms with van der Waals surface area (Å²) in [5.74, 6) is 1.52. The Kier molecular flexibility index (Phi) is 5.21. The molecule has 0 radical (unpaired) electrons. The number of benzene rings is 2. The van der Waals surface area contributed by atoms with Crippen LogP contribution in [-0.4, -0.2) is 20.7 Å². The predicted octanol–water partition coefficient (Wildman–Crippen LogP) is 3.56. The number of carbonyl (C=O) groups excluding carboxylic acids is 1. The van der Waals surface area contributed by atoms with E-state index in [1.165, 1.54) is 6.42 Å². The van der Waals surface area contributed by atoms with E-state index in [-0.39, 0.29) is 17.9 Å². The Morgan fingerprint density at radius 2 is 1.82 bits per heavy atom. The Labute approximate surface area is 164 Å². The maximum atomic E-state index is 12.6. The second-order valence-corrected chi connectivity index (χ2v) is 7.34. The Morgan fingerprint density at radius 1 is 1.07 bits per heavy atom. The first-order valence-electron chi connectivity index (χ1n) is 9.77. The minimum atomic E-state index is -0.344. The molecule has 2 aromatic carbocycles. The van der Waals surface area contributed by atoms with Crippen molar-refractivity contribution >= 4 is 11.6 Å². The van der Waals surface area contributed by atoms with E-state index in [0.29, 0.717) is 0 Å². The van der Waals surface area contributed by atoms with Gasteiger partial charge in [-0.15, -0.1) is 10.2 Å². The molecule has 1 aliphatic heterocycles. The lowest BCUT2D eigenvalue weighted by molar-refractivity contribution is -0.120. The normalized spacial score (nSPS) is 15.5. The summed E-state index contributed by atoms with van der Waals surface area (Å²) in [5, 5.41) is 11.6. The molecule has 1 aromatic heterocycles. The van der Waals surface area contributed by atoms with Gasteiger partial charge >= 0.3 is 0 Å². The largest absolute Gasteiger partial charge is 0.326 e. The summed E-state index contributed by atoms with van der Waals surface area (Å²) in [5.41, 5.74) is 8.98. The van der Waals surface area contributed by atoms with E-state index in [4.69, 9.17) is 5.73 Å². The Bertz CT molecular complexity index is 949. The molecule has 1 aliphatic rings. The van der Waals surface area contributed by atoms with Crippen LogP contribution in [0.2, 0.25) is 0 Å². The van der Waals surface area contributed by atoms with Crippen LogP contribution in [0.5, 0.6) is 0 Å². The molecule has 0 saturated heterocycles. The standard InChI is InChI=1S/C22H25N5O/c1-15(20(23)16-7-3-2-4-8-16)22(28)24-18-12-10-17(11-13-18)21-26-25-19-9-5-6-14-27(19)21/h2-4,7-8,10-13,15,20H,5-6,9,14,23H2,1H3,(H,24,28). The van der Waals surface area contributed by atoms with Gasteiger partial charge in [-0.2, -0.15) is 0 Å². The van der Waals surface area contributed by atoms with Crippen LogP contribution in [0.3, 0.4) is 0 Å². The van der Waals surface area contributed by atoms with Gasteiger partial charge in [-0.3, -0.25) is 4.79 Å². The van der Waals surface area contributed by atoms with Crippen molar-refractivity contribution in [1.82, 2.24) is 14.8 Å². The summed E-state index contributed by atoms with van der Waals surface area (Å²) in [6, 6.07) is 17.1. The minimum absolute atomic E-state index is 0.0936. The average Bonchev–Trinajstić information content (AvgIpc) is 3.18. The molecule has 3 aromatic rings. The molecule has 0 saturated carbocycles. The molecule has 0 spiro atoms. The van der Waals surface area contributed by atoms with Gasteiger partial charge in [0, 0.05) is 30.3 Å². The number of aromatic nitrogens is 3. The summed E-state index contributed by atoms with van der Waals surface area (Å²) in [6.07, 6.45) is 3.32. The average molecular weight is 375 g/mol. The number of aryl methyl sites for hydroxylation is 1. The number of rotatable bonds is 5. The van der Waals surface area contributed by atoms with Crippen molar-refractivity contribution in [2.24, 2.45) is 11.7 Å². The van der Waals surface area contributed by atoms with Gasteiger partial charge in [-0.25, -0.2) is 0 Å². The van der Waals surface area contributed by atoms with Crippen molar-refractivity contribution in [2.75, 3.05) is 5.32 Å². The summed E-state index contributed by atoms with van der Waals surface area (Å²) in [4.78, 5) is 12.6. The molecule has 3 N–H and O–H groups in total. The highest BCUT2D eigenvalue weighted by Crippen LogP contribution is 2.25. The van der Waals surface area contributed by atoms with Crippen LogP contribution in [0.4, 0.5) is 5.69 Å². The van der Waals surface area contributed by atoms with Crippen LogP contribution in [-0.2, 0) is 17.8 Å². The van der Waals surface area contributed by atoms with Crippen molar-refractivity contribution in [1.29, 1.82) is 0 Å². The first-order chi connectivity index (χ1) is 13.6. The van der Waals surface area contributed by atoms with E-state index in [0.717, 1.165) is 47.8 Å². The molecule has 2 unspecified atom stereocenters. The van der Waals surface area contributed by atoms with E-state index in [9.17, 15) is 4.79 Å². The minimum Gasteiger partial charge on any atom is -0.326 e. The molecule has 4 rings (SSSR count). The van der Waals surface area contributed by atoms with Crippen LogP contribution in [0, 0.1) is 5.92 Å². The van der Waals surface area contributed by atoms with Gasteiger partial charge in [-0.1, -0.05) is 37.3 Å². The van der Waals surface area contributed by atoms with E-state index in [2.05, 4.69) is 20.1 Å². The molecule has 28 heavy (non-hydrogen) atoms. The predicted molar refractivity (Wildman–Crippen MR) is 110 cm³/mol. The summed E-state index contributed by atoms with van der Waals surface area (Å²) in [6.45, 7) is 2.81. The van der Waals surface area contributed by atoms with Gasteiger partial charge in [0.1, 0.15) is 5.82 Å². The fourth-order valence-corrected chi connectivity index (χ4v) is 3.61. The van der Waals surface area contributed by atoms with Gasteiger partial charge in [0.2, 0.25) is 5.91 Å². The van der Waals surface area contributed by atoms with Crippen molar-refractivity contribution < 1.29 is 4.79 Å². The molecule has 6 heteroatoms. The lowest BCUT2D eigenvalue weighted by atomic mass is 9.94.